The lowest BCUT2D eigenvalue weighted by Gasteiger charge is -2.06. The summed E-state index contributed by atoms with van der Waals surface area (Å²) < 4.78 is 0. The Labute approximate surface area is 106 Å². The molecule has 2 nitrogen and oxygen atoms in total. The molecule has 3 aromatic rings. The van der Waals surface area contributed by atoms with E-state index in [0.717, 1.165) is 6.42 Å². The van der Waals surface area contributed by atoms with Crippen molar-refractivity contribution < 1.29 is 5.73 Å². The molecule has 0 aliphatic carbocycles. The second-order valence-corrected chi connectivity index (χ2v) is 4.70. The zero-order valence-electron chi connectivity index (χ0n) is 10.3. The quantitative estimate of drug-likeness (QED) is 0.703. The SMILES string of the molecule is [NH3+][C@@H](Cc1ccccc1)c1cc2ccccc2[nH]1. The molecule has 0 radical (unpaired) electrons. The van der Waals surface area contributed by atoms with Gasteiger partial charge in [-0.25, -0.2) is 0 Å². The fourth-order valence-electron chi connectivity index (χ4n) is 2.32. The molecule has 18 heavy (non-hydrogen) atoms. The van der Waals surface area contributed by atoms with Crippen molar-refractivity contribution in [2.45, 2.75) is 12.5 Å². The largest absolute Gasteiger partial charge is 0.354 e. The predicted molar refractivity (Wildman–Crippen MR) is 74.1 cm³/mol. The van der Waals surface area contributed by atoms with Crippen molar-refractivity contribution in [1.29, 1.82) is 0 Å². The van der Waals surface area contributed by atoms with E-state index in [9.17, 15) is 0 Å². The number of quaternary nitrogens is 1. The Morgan fingerprint density at radius 2 is 1.67 bits per heavy atom. The minimum atomic E-state index is 0.264. The van der Waals surface area contributed by atoms with Gasteiger partial charge in [0, 0.05) is 11.9 Å². The Morgan fingerprint density at radius 1 is 0.944 bits per heavy atom. The molecule has 0 unspecified atom stereocenters. The van der Waals surface area contributed by atoms with Crippen LogP contribution in [0.5, 0.6) is 0 Å². The van der Waals surface area contributed by atoms with Crippen molar-refractivity contribution in [2.75, 3.05) is 0 Å². The van der Waals surface area contributed by atoms with E-state index in [1.807, 2.05) is 6.07 Å². The van der Waals surface area contributed by atoms with Gasteiger partial charge in [0.1, 0.15) is 6.04 Å². The molecule has 0 saturated carbocycles. The van der Waals surface area contributed by atoms with Gasteiger partial charge < -0.3 is 10.7 Å². The molecule has 0 amide bonds. The molecular formula is C16H17N2+. The van der Waals surface area contributed by atoms with E-state index in [2.05, 4.69) is 65.3 Å². The molecule has 0 fully saturated rings. The first kappa shape index (κ1) is 11.1. The molecule has 1 heterocycles. The summed E-state index contributed by atoms with van der Waals surface area (Å²) in [7, 11) is 0. The summed E-state index contributed by atoms with van der Waals surface area (Å²) in [5.74, 6) is 0. The smallest absolute Gasteiger partial charge is 0.129 e. The zero-order chi connectivity index (χ0) is 12.4. The molecule has 0 spiro atoms. The minimum Gasteiger partial charge on any atom is -0.354 e. The van der Waals surface area contributed by atoms with Crippen molar-refractivity contribution in [1.82, 2.24) is 4.98 Å². The maximum atomic E-state index is 4.27. The number of para-hydroxylation sites is 1. The topological polar surface area (TPSA) is 43.4 Å². The first-order chi connectivity index (χ1) is 8.83. The van der Waals surface area contributed by atoms with Gasteiger partial charge >= 0.3 is 0 Å². The summed E-state index contributed by atoms with van der Waals surface area (Å²) in [6.07, 6.45) is 0.966. The second kappa shape index (κ2) is 4.67. The summed E-state index contributed by atoms with van der Waals surface area (Å²) in [6.45, 7) is 0. The van der Waals surface area contributed by atoms with Crippen LogP contribution in [0.4, 0.5) is 0 Å². The van der Waals surface area contributed by atoms with Crippen molar-refractivity contribution in [3.05, 3.63) is 71.9 Å². The van der Waals surface area contributed by atoms with Crippen molar-refractivity contribution in [2.24, 2.45) is 0 Å². The van der Waals surface area contributed by atoms with Gasteiger partial charge in [0.2, 0.25) is 0 Å². The van der Waals surface area contributed by atoms with Crippen LogP contribution in [-0.4, -0.2) is 4.98 Å². The lowest BCUT2D eigenvalue weighted by Crippen LogP contribution is -2.54. The van der Waals surface area contributed by atoms with Crippen LogP contribution in [0.2, 0.25) is 0 Å². The lowest BCUT2D eigenvalue weighted by atomic mass is 10.0. The molecule has 2 aromatic carbocycles. The maximum absolute atomic E-state index is 4.27. The van der Waals surface area contributed by atoms with E-state index < -0.39 is 0 Å². The standard InChI is InChI=1S/C16H16N2/c17-14(10-12-6-2-1-3-7-12)16-11-13-8-4-5-9-15(13)18-16/h1-9,11,14,18H,10,17H2/p+1/t14-/m0/s1. The van der Waals surface area contributed by atoms with Crippen LogP contribution >= 0.6 is 0 Å². The van der Waals surface area contributed by atoms with Crippen molar-refractivity contribution in [3.63, 3.8) is 0 Å². The normalized spacial score (nSPS) is 12.7. The first-order valence-corrected chi connectivity index (χ1v) is 6.27. The van der Waals surface area contributed by atoms with Crippen LogP contribution in [0.3, 0.4) is 0 Å². The number of aromatic nitrogens is 1. The molecule has 0 saturated heterocycles. The van der Waals surface area contributed by atoms with E-state index >= 15 is 0 Å². The van der Waals surface area contributed by atoms with E-state index in [0.29, 0.717) is 0 Å². The third-order valence-corrected chi connectivity index (χ3v) is 3.32. The molecule has 4 N–H and O–H groups in total. The third-order valence-electron chi connectivity index (χ3n) is 3.32. The number of hydrogen-bond donors (Lipinski definition) is 2. The van der Waals surface area contributed by atoms with Crippen molar-refractivity contribution in [3.8, 4) is 0 Å². The molecule has 0 bridgehead atoms. The summed E-state index contributed by atoms with van der Waals surface area (Å²) in [5.41, 5.74) is 7.99. The Hall–Kier alpha value is -2.06. The molecule has 3 rings (SSSR count). The summed E-state index contributed by atoms with van der Waals surface area (Å²) in [4.78, 5) is 3.45. The summed E-state index contributed by atoms with van der Waals surface area (Å²) in [6, 6.07) is 21.3. The lowest BCUT2D eigenvalue weighted by molar-refractivity contribution is -0.426. The third kappa shape index (κ3) is 2.15. The highest BCUT2D eigenvalue weighted by molar-refractivity contribution is 5.80. The zero-order valence-corrected chi connectivity index (χ0v) is 10.3. The fraction of sp³-hybridized carbons (Fsp3) is 0.125. The maximum Gasteiger partial charge on any atom is 0.129 e. The number of nitrogens with one attached hydrogen (secondary N) is 1. The average Bonchev–Trinajstić information content (AvgIpc) is 2.84. The average molecular weight is 237 g/mol. The Morgan fingerprint density at radius 3 is 2.44 bits per heavy atom. The van der Waals surface area contributed by atoms with Crippen molar-refractivity contribution >= 4 is 10.9 Å². The van der Waals surface area contributed by atoms with Crippen LogP contribution in [0, 0.1) is 0 Å². The molecule has 1 aromatic heterocycles. The van der Waals surface area contributed by atoms with Crippen LogP contribution in [0.25, 0.3) is 10.9 Å². The molecule has 90 valence electrons. The van der Waals surface area contributed by atoms with Gasteiger partial charge in [0.15, 0.2) is 0 Å². The molecular weight excluding hydrogens is 220 g/mol. The van der Waals surface area contributed by atoms with Gasteiger partial charge in [-0.2, -0.15) is 0 Å². The minimum absolute atomic E-state index is 0.264. The van der Waals surface area contributed by atoms with Gasteiger partial charge in [-0.3, -0.25) is 0 Å². The summed E-state index contributed by atoms with van der Waals surface area (Å²) in [5, 5.41) is 1.26. The van der Waals surface area contributed by atoms with Crippen LogP contribution in [0.1, 0.15) is 17.3 Å². The number of benzene rings is 2. The predicted octanol–water partition coefficient (Wildman–Crippen LogP) is 2.69. The van der Waals surface area contributed by atoms with Gasteiger partial charge in [-0.15, -0.1) is 0 Å². The Bertz CT molecular complexity index is 607. The number of fused-ring (bicyclic) bond motifs is 1. The van der Waals surface area contributed by atoms with Gasteiger partial charge in [0.05, 0.1) is 5.69 Å². The van der Waals surface area contributed by atoms with E-state index in [1.165, 1.54) is 22.2 Å². The van der Waals surface area contributed by atoms with E-state index in [1.54, 1.807) is 0 Å². The van der Waals surface area contributed by atoms with E-state index in [-0.39, 0.29) is 6.04 Å². The first-order valence-electron chi connectivity index (χ1n) is 6.27. The Kier molecular flexibility index (Phi) is 2.87. The number of H-pyrrole nitrogens is 1. The van der Waals surface area contributed by atoms with Crippen LogP contribution in [0.15, 0.2) is 60.7 Å². The highest BCUT2D eigenvalue weighted by atomic mass is 14.8. The fourth-order valence-corrected chi connectivity index (χ4v) is 2.32. The molecule has 1 atom stereocenters. The molecule has 0 aliphatic rings. The summed E-state index contributed by atoms with van der Waals surface area (Å²) >= 11 is 0. The van der Waals surface area contributed by atoms with Crippen LogP contribution < -0.4 is 5.73 Å². The number of hydrogen-bond acceptors (Lipinski definition) is 0. The Balaban J connectivity index is 1.86. The van der Waals surface area contributed by atoms with Gasteiger partial charge in [-0.1, -0.05) is 48.5 Å². The molecule has 0 aliphatic heterocycles. The van der Waals surface area contributed by atoms with Crippen LogP contribution in [-0.2, 0) is 6.42 Å². The van der Waals surface area contributed by atoms with Gasteiger partial charge in [0.25, 0.3) is 0 Å². The second-order valence-electron chi connectivity index (χ2n) is 4.70. The number of aromatic amines is 1. The molecule has 2 heteroatoms. The highest BCUT2D eigenvalue weighted by Crippen LogP contribution is 2.20. The van der Waals surface area contributed by atoms with E-state index in [4.69, 9.17) is 0 Å². The van der Waals surface area contributed by atoms with Gasteiger partial charge in [-0.05, 0) is 23.1 Å². The number of rotatable bonds is 3. The monoisotopic (exact) mass is 237 g/mol. The highest BCUT2D eigenvalue weighted by Gasteiger charge is 2.13.